The van der Waals surface area contributed by atoms with E-state index in [1.54, 1.807) is 4.90 Å². The van der Waals surface area contributed by atoms with Crippen molar-refractivity contribution in [1.29, 1.82) is 0 Å². The molecule has 2 aliphatic rings. The number of likely N-dealkylation sites (tertiary alicyclic amines) is 1. The zero-order chi connectivity index (χ0) is 10.3. The van der Waals surface area contributed by atoms with Crippen molar-refractivity contribution in [2.75, 3.05) is 13.1 Å². The largest absolute Gasteiger partial charge is 0.335 e. The Morgan fingerprint density at radius 3 is 2.57 bits per heavy atom. The minimum absolute atomic E-state index is 0.203. The van der Waals surface area contributed by atoms with Crippen molar-refractivity contribution in [3.8, 4) is 0 Å². The van der Waals surface area contributed by atoms with E-state index < -0.39 is 0 Å². The van der Waals surface area contributed by atoms with E-state index in [0.29, 0.717) is 6.54 Å². The van der Waals surface area contributed by atoms with Gasteiger partial charge in [-0.15, -0.1) is 0 Å². The van der Waals surface area contributed by atoms with Gasteiger partial charge in [0.15, 0.2) is 5.78 Å². The number of hydrogen-bond acceptors (Lipinski definition) is 2. The van der Waals surface area contributed by atoms with Gasteiger partial charge in [0.25, 0.3) is 0 Å². The molecule has 0 radical (unpaired) electrons. The number of carbonyl (C=O) groups excluding carboxylic acids is 2. The van der Waals surface area contributed by atoms with Crippen molar-refractivity contribution in [1.82, 2.24) is 4.90 Å². The van der Waals surface area contributed by atoms with E-state index in [4.69, 9.17) is 0 Å². The summed E-state index contributed by atoms with van der Waals surface area (Å²) in [5.41, 5.74) is -0.222. The third-order valence-corrected chi connectivity index (χ3v) is 3.33. The van der Waals surface area contributed by atoms with E-state index in [0.717, 1.165) is 25.8 Å². The molecule has 1 heterocycles. The van der Waals surface area contributed by atoms with E-state index in [-0.39, 0.29) is 23.0 Å². The lowest BCUT2D eigenvalue weighted by Crippen LogP contribution is -2.48. The minimum atomic E-state index is -0.222. The van der Waals surface area contributed by atoms with Gasteiger partial charge in [-0.25, -0.2) is 0 Å². The van der Waals surface area contributed by atoms with Crippen LogP contribution in [0.25, 0.3) is 0 Å². The second-order valence-corrected chi connectivity index (χ2v) is 5.09. The van der Waals surface area contributed by atoms with Crippen molar-refractivity contribution in [2.24, 2.45) is 11.3 Å². The van der Waals surface area contributed by atoms with Crippen LogP contribution >= 0.6 is 0 Å². The maximum atomic E-state index is 11.7. The zero-order valence-corrected chi connectivity index (χ0v) is 8.88. The molecule has 0 N–H and O–H groups in total. The standard InChI is InChI=1S/C11H17NO2/c1-11(2)5-6-12(7-9(11)13)10(14)8-3-4-8/h8H,3-7H2,1-2H3. The van der Waals surface area contributed by atoms with Gasteiger partial charge < -0.3 is 4.90 Å². The number of ketones is 1. The van der Waals surface area contributed by atoms with Gasteiger partial charge in [0.2, 0.25) is 5.91 Å². The first kappa shape index (κ1) is 9.69. The zero-order valence-electron chi connectivity index (χ0n) is 8.88. The van der Waals surface area contributed by atoms with Gasteiger partial charge >= 0.3 is 0 Å². The SMILES string of the molecule is CC1(C)CCN(C(=O)C2CC2)CC1=O. The van der Waals surface area contributed by atoms with Crippen LogP contribution < -0.4 is 0 Å². The summed E-state index contributed by atoms with van der Waals surface area (Å²) < 4.78 is 0. The van der Waals surface area contributed by atoms with Crippen LogP contribution in [-0.4, -0.2) is 29.7 Å². The summed E-state index contributed by atoms with van der Waals surface area (Å²) in [6.07, 6.45) is 2.85. The van der Waals surface area contributed by atoms with Gasteiger partial charge in [0.05, 0.1) is 6.54 Å². The number of carbonyl (C=O) groups is 2. The summed E-state index contributed by atoms with van der Waals surface area (Å²) in [5.74, 6) is 0.649. The number of Topliss-reactive ketones (excluding diaryl/α,β-unsaturated/α-hetero) is 1. The highest BCUT2D eigenvalue weighted by molar-refractivity contribution is 5.92. The van der Waals surface area contributed by atoms with Crippen molar-refractivity contribution in [2.45, 2.75) is 33.1 Å². The fourth-order valence-corrected chi connectivity index (χ4v) is 1.80. The molecule has 0 aromatic carbocycles. The first-order valence-electron chi connectivity index (χ1n) is 5.33. The fraction of sp³-hybridized carbons (Fsp3) is 0.818. The molecule has 0 spiro atoms. The Kier molecular flexibility index (Phi) is 2.13. The Balaban J connectivity index is 1.98. The molecule has 2 fully saturated rings. The van der Waals surface area contributed by atoms with Gasteiger partial charge in [-0.2, -0.15) is 0 Å². The number of amides is 1. The summed E-state index contributed by atoms with van der Waals surface area (Å²) in [6.45, 7) is 5.03. The molecular weight excluding hydrogens is 178 g/mol. The molecule has 1 saturated carbocycles. The molecular formula is C11H17NO2. The Labute approximate surface area is 84.5 Å². The Morgan fingerprint density at radius 2 is 2.07 bits per heavy atom. The molecule has 1 saturated heterocycles. The molecule has 0 aromatic rings. The lowest BCUT2D eigenvalue weighted by molar-refractivity contribution is -0.143. The van der Waals surface area contributed by atoms with Crippen LogP contribution in [0.5, 0.6) is 0 Å². The molecule has 3 heteroatoms. The molecule has 78 valence electrons. The predicted octanol–water partition coefficient (Wildman–Crippen LogP) is 1.22. The topological polar surface area (TPSA) is 37.4 Å². The Bertz CT molecular complexity index is 277. The molecule has 0 aromatic heterocycles. The van der Waals surface area contributed by atoms with Crippen LogP contribution in [0.4, 0.5) is 0 Å². The van der Waals surface area contributed by atoms with E-state index >= 15 is 0 Å². The van der Waals surface area contributed by atoms with Crippen molar-refractivity contribution in [3.05, 3.63) is 0 Å². The summed E-state index contributed by atoms with van der Waals surface area (Å²) in [6, 6.07) is 0. The van der Waals surface area contributed by atoms with Crippen molar-refractivity contribution >= 4 is 11.7 Å². The van der Waals surface area contributed by atoms with E-state index in [9.17, 15) is 9.59 Å². The molecule has 1 aliphatic heterocycles. The highest BCUT2D eigenvalue weighted by Gasteiger charge is 2.39. The first-order chi connectivity index (χ1) is 6.50. The lowest BCUT2D eigenvalue weighted by Gasteiger charge is -2.35. The summed E-state index contributed by atoms with van der Waals surface area (Å²) in [5, 5.41) is 0. The molecule has 0 atom stereocenters. The number of hydrogen-bond donors (Lipinski definition) is 0. The van der Waals surface area contributed by atoms with Crippen molar-refractivity contribution < 1.29 is 9.59 Å². The van der Waals surface area contributed by atoms with Crippen LogP contribution in [0.1, 0.15) is 33.1 Å². The second-order valence-electron chi connectivity index (χ2n) is 5.09. The smallest absolute Gasteiger partial charge is 0.226 e. The average molecular weight is 195 g/mol. The number of nitrogens with zero attached hydrogens (tertiary/aromatic N) is 1. The molecule has 0 bridgehead atoms. The fourth-order valence-electron chi connectivity index (χ4n) is 1.80. The quantitative estimate of drug-likeness (QED) is 0.631. The van der Waals surface area contributed by atoms with Gasteiger partial charge in [0, 0.05) is 17.9 Å². The van der Waals surface area contributed by atoms with Gasteiger partial charge in [-0.05, 0) is 19.3 Å². The predicted molar refractivity (Wildman–Crippen MR) is 52.7 cm³/mol. The van der Waals surface area contributed by atoms with E-state index in [1.807, 2.05) is 13.8 Å². The molecule has 14 heavy (non-hydrogen) atoms. The van der Waals surface area contributed by atoms with E-state index in [1.165, 1.54) is 0 Å². The summed E-state index contributed by atoms with van der Waals surface area (Å²) in [7, 11) is 0. The average Bonchev–Trinajstić information content (AvgIpc) is 2.91. The maximum Gasteiger partial charge on any atom is 0.226 e. The van der Waals surface area contributed by atoms with Crippen LogP contribution in [0.3, 0.4) is 0 Å². The second kappa shape index (κ2) is 3.07. The third kappa shape index (κ3) is 1.68. The molecule has 0 unspecified atom stereocenters. The Morgan fingerprint density at radius 1 is 1.43 bits per heavy atom. The molecule has 2 rings (SSSR count). The summed E-state index contributed by atoms with van der Waals surface area (Å²) in [4.78, 5) is 25.1. The summed E-state index contributed by atoms with van der Waals surface area (Å²) >= 11 is 0. The highest BCUT2D eigenvalue weighted by Crippen LogP contribution is 2.34. The highest BCUT2D eigenvalue weighted by atomic mass is 16.2. The van der Waals surface area contributed by atoms with Crippen LogP contribution in [0.2, 0.25) is 0 Å². The molecule has 1 aliphatic carbocycles. The minimum Gasteiger partial charge on any atom is -0.335 e. The maximum absolute atomic E-state index is 11.7. The van der Waals surface area contributed by atoms with E-state index in [2.05, 4.69) is 0 Å². The number of rotatable bonds is 1. The van der Waals surface area contributed by atoms with Gasteiger partial charge in [0.1, 0.15) is 0 Å². The van der Waals surface area contributed by atoms with Crippen LogP contribution in [0.15, 0.2) is 0 Å². The molecule has 3 nitrogen and oxygen atoms in total. The monoisotopic (exact) mass is 195 g/mol. The van der Waals surface area contributed by atoms with Gasteiger partial charge in [-0.1, -0.05) is 13.8 Å². The van der Waals surface area contributed by atoms with Crippen LogP contribution in [-0.2, 0) is 9.59 Å². The van der Waals surface area contributed by atoms with Gasteiger partial charge in [-0.3, -0.25) is 9.59 Å². The molecule has 1 amide bonds. The normalized spacial score (nSPS) is 26.4. The van der Waals surface area contributed by atoms with Crippen LogP contribution in [0, 0.1) is 11.3 Å². The third-order valence-electron chi connectivity index (χ3n) is 3.33. The first-order valence-corrected chi connectivity index (χ1v) is 5.33. The lowest BCUT2D eigenvalue weighted by atomic mass is 9.81. The van der Waals surface area contributed by atoms with Crippen molar-refractivity contribution in [3.63, 3.8) is 0 Å². The Hall–Kier alpha value is -0.860. The number of piperidine rings is 1.